The molecule has 1 aliphatic heterocycles. The predicted molar refractivity (Wildman–Crippen MR) is 222 cm³/mol. The minimum Gasteiger partial charge on any atom is -0.492 e. The molecule has 0 saturated carbocycles. The fourth-order valence-electron chi connectivity index (χ4n) is 5.73. The minimum atomic E-state index is -0.911. The first-order chi connectivity index (χ1) is 25.7. The molecule has 17 heteroatoms. The van der Waals surface area contributed by atoms with Crippen LogP contribution in [-0.2, 0) is 20.1 Å². The van der Waals surface area contributed by atoms with Crippen molar-refractivity contribution in [3.63, 3.8) is 0 Å². The minimum absolute atomic E-state index is 0. The summed E-state index contributed by atoms with van der Waals surface area (Å²) >= 11 is 9.03. The summed E-state index contributed by atoms with van der Waals surface area (Å²) in [5, 5.41) is 28.1. The van der Waals surface area contributed by atoms with E-state index in [0.29, 0.717) is 75.6 Å². The van der Waals surface area contributed by atoms with Gasteiger partial charge in [-0.1, -0.05) is 54.0 Å². The predicted octanol–water partition coefficient (Wildman–Crippen LogP) is 6.89. The quantitative estimate of drug-likeness (QED) is 0.0431. The molecule has 2 aromatic carbocycles. The standard InChI is InChI=1S/C38H41ClN8O4S2.2ClH/c1-24(43)37(48)51-38(49)32(6-2-3-15-40)44-16-19-50-29-13-9-25(10-14-29)33-30(20-41)34(47-17-4-5-18-47)46-36(31(33)21-42)53-23-28-22-52-35(45-28)26-7-11-27(39)12-8-26;;/h7-14,22,24,32,44H,2-6,15-19,23,40,43H2,1H3;2*1H/t24-,32-;;/m0../s1. The van der Waals surface area contributed by atoms with Gasteiger partial charge in [-0.3, -0.25) is 0 Å². The molecule has 0 aliphatic carbocycles. The number of nitrogens with zero attached hydrogens (tertiary/aromatic N) is 5. The van der Waals surface area contributed by atoms with E-state index < -0.39 is 24.0 Å². The number of rotatable bonds is 17. The van der Waals surface area contributed by atoms with Gasteiger partial charge in [0.05, 0.1) is 11.3 Å². The molecule has 1 saturated heterocycles. The van der Waals surface area contributed by atoms with E-state index in [0.717, 1.165) is 48.6 Å². The Morgan fingerprint density at radius 3 is 2.31 bits per heavy atom. The van der Waals surface area contributed by atoms with Gasteiger partial charge in [0.1, 0.15) is 58.0 Å². The number of carbonyl (C=O) groups excluding carboxylic acids is 2. The second kappa shape index (κ2) is 22.6. The zero-order chi connectivity index (χ0) is 37.7. The van der Waals surface area contributed by atoms with Crippen LogP contribution in [0.1, 0.15) is 55.8 Å². The van der Waals surface area contributed by atoms with E-state index in [2.05, 4.69) is 22.4 Å². The highest BCUT2D eigenvalue weighted by molar-refractivity contribution is 7.98. The molecule has 1 aliphatic rings. The van der Waals surface area contributed by atoms with Crippen molar-refractivity contribution in [1.82, 2.24) is 15.3 Å². The maximum atomic E-state index is 12.6. The molecule has 3 heterocycles. The number of unbranched alkanes of at least 4 members (excludes halogenated alkanes) is 1. The second-order valence-corrected chi connectivity index (χ2v) is 14.7. The van der Waals surface area contributed by atoms with Crippen molar-refractivity contribution >= 4 is 77.3 Å². The summed E-state index contributed by atoms with van der Waals surface area (Å²) in [6.07, 6.45) is 3.85. The Kier molecular flexibility index (Phi) is 18.6. The topological polar surface area (TPSA) is 193 Å². The molecule has 292 valence electrons. The summed E-state index contributed by atoms with van der Waals surface area (Å²) < 4.78 is 10.9. The Balaban J connectivity index is 0.00000406. The molecule has 0 amide bonds. The van der Waals surface area contributed by atoms with Crippen LogP contribution in [0.4, 0.5) is 5.82 Å². The van der Waals surface area contributed by atoms with Gasteiger partial charge in [-0.05, 0) is 69.0 Å². The SMILES string of the molecule is C[C@H](N)C(=O)OC(=O)[C@H](CCCCN)NCCOc1ccc(-c2c(C#N)c(SCc3csc(-c4ccc(Cl)cc4)n3)nc(N3CCCC3)c2C#N)cc1.Cl.Cl. The number of nitrogens with one attached hydrogen (secondary N) is 1. The lowest BCUT2D eigenvalue weighted by molar-refractivity contribution is -0.162. The van der Waals surface area contributed by atoms with E-state index in [1.807, 2.05) is 41.8 Å². The molecular formula is C38H43Cl3N8O4S2. The first kappa shape index (κ1) is 45.4. The summed E-state index contributed by atoms with van der Waals surface area (Å²) in [4.78, 5) is 36.3. The van der Waals surface area contributed by atoms with Crippen LogP contribution in [0, 0.1) is 22.7 Å². The van der Waals surface area contributed by atoms with Crippen molar-refractivity contribution in [3.05, 3.63) is 75.8 Å². The molecule has 0 radical (unpaired) electrons. The number of thioether (sulfide) groups is 1. The summed E-state index contributed by atoms with van der Waals surface area (Å²) in [6, 6.07) is 17.8. The number of hydrogen-bond donors (Lipinski definition) is 3. The van der Waals surface area contributed by atoms with Crippen LogP contribution in [0.2, 0.25) is 5.02 Å². The lowest BCUT2D eigenvalue weighted by Crippen LogP contribution is -2.43. The monoisotopic (exact) mass is 844 g/mol. The fourth-order valence-corrected chi connectivity index (χ4v) is 7.66. The number of benzene rings is 2. The van der Waals surface area contributed by atoms with E-state index >= 15 is 0 Å². The van der Waals surface area contributed by atoms with Gasteiger partial charge in [-0.2, -0.15) is 10.5 Å². The molecule has 0 bridgehead atoms. The molecule has 12 nitrogen and oxygen atoms in total. The van der Waals surface area contributed by atoms with E-state index in [9.17, 15) is 20.1 Å². The lowest BCUT2D eigenvalue weighted by atomic mass is 9.96. The third-order valence-electron chi connectivity index (χ3n) is 8.48. The molecule has 1 fully saturated rings. The average molecular weight is 846 g/mol. The lowest BCUT2D eigenvalue weighted by Gasteiger charge is -2.22. The average Bonchev–Trinajstić information content (AvgIpc) is 3.88. The molecule has 0 unspecified atom stereocenters. The Labute approximate surface area is 346 Å². The van der Waals surface area contributed by atoms with Gasteiger partial charge in [0.25, 0.3) is 0 Å². The van der Waals surface area contributed by atoms with Crippen LogP contribution >= 0.6 is 59.5 Å². The zero-order valence-electron chi connectivity index (χ0n) is 30.2. The maximum absolute atomic E-state index is 12.6. The van der Waals surface area contributed by atoms with Gasteiger partial charge < -0.3 is 31.2 Å². The number of ether oxygens (including phenoxy) is 2. The number of pyridine rings is 1. The Bertz CT molecular complexity index is 1960. The molecule has 4 aromatic rings. The molecule has 5 N–H and O–H groups in total. The van der Waals surface area contributed by atoms with Gasteiger partial charge >= 0.3 is 11.9 Å². The van der Waals surface area contributed by atoms with E-state index in [1.165, 1.54) is 30.0 Å². The van der Waals surface area contributed by atoms with Crippen LogP contribution < -0.4 is 26.4 Å². The highest BCUT2D eigenvalue weighted by Gasteiger charge is 2.27. The van der Waals surface area contributed by atoms with Gasteiger partial charge in [0.2, 0.25) is 0 Å². The Morgan fingerprint density at radius 1 is 1.00 bits per heavy atom. The van der Waals surface area contributed by atoms with E-state index in [-0.39, 0.29) is 31.4 Å². The largest absolute Gasteiger partial charge is 0.492 e. The first-order valence-electron chi connectivity index (χ1n) is 17.4. The van der Waals surface area contributed by atoms with E-state index in [4.69, 9.17) is 42.5 Å². The third-order valence-corrected chi connectivity index (χ3v) is 10.7. The Hall–Kier alpha value is -3.96. The van der Waals surface area contributed by atoms with Crippen molar-refractivity contribution in [2.75, 3.05) is 37.7 Å². The van der Waals surface area contributed by atoms with Crippen LogP contribution in [0.25, 0.3) is 21.7 Å². The van der Waals surface area contributed by atoms with Crippen LogP contribution in [0.15, 0.2) is 58.9 Å². The summed E-state index contributed by atoms with van der Waals surface area (Å²) in [6.45, 7) is 4.03. The number of nitrogens with two attached hydrogens (primary N) is 2. The number of nitriles is 2. The van der Waals surface area contributed by atoms with Crippen molar-refractivity contribution < 1.29 is 19.1 Å². The Morgan fingerprint density at radius 2 is 1.67 bits per heavy atom. The third kappa shape index (κ3) is 12.3. The normalized spacial score (nSPS) is 13.1. The van der Waals surface area contributed by atoms with Crippen molar-refractivity contribution in [2.45, 2.75) is 61.9 Å². The molecule has 2 aromatic heterocycles. The van der Waals surface area contributed by atoms with Crippen LogP contribution in [0.5, 0.6) is 5.75 Å². The summed E-state index contributed by atoms with van der Waals surface area (Å²) in [5.74, 6) is 0.158. The van der Waals surface area contributed by atoms with Crippen molar-refractivity contribution in [3.8, 4) is 39.6 Å². The molecular weight excluding hydrogens is 803 g/mol. The smallest absolute Gasteiger partial charge is 0.330 e. The molecule has 2 atom stereocenters. The number of thiazole rings is 1. The first-order valence-corrected chi connectivity index (χ1v) is 19.6. The van der Waals surface area contributed by atoms with Gasteiger partial charge in [0.15, 0.2) is 0 Å². The highest BCUT2D eigenvalue weighted by atomic mass is 35.5. The van der Waals surface area contributed by atoms with Crippen molar-refractivity contribution in [2.24, 2.45) is 11.5 Å². The number of aromatic nitrogens is 2. The number of esters is 2. The summed E-state index contributed by atoms with van der Waals surface area (Å²) in [7, 11) is 0. The molecule has 5 rings (SSSR count). The van der Waals surface area contributed by atoms with E-state index in [1.54, 1.807) is 12.1 Å². The van der Waals surface area contributed by atoms with Crippen LogP contribution in [-0.4, -0.2) is 66.8 Å². The molecule has 0 spiro atoms. The summed E-state index contributed by atoms with van der Waals surface area (Å²) in [5.41, 5.74) is 14.9. The van der Waals surface area contributed by atoms with Gasteiger partial charge in [0, 0.05) is 46.9 Å². The van der Waals surface area contributed by atoms with Gasteiger partial charge in [-0.15, -0.1) is 36.2 Å². The van der Waals surface area contributed by atoms with Crippen LogP contribution in [0.3, 0.4) is 0 Å². The zero-order valence-corrected chi connectivity index (χ0v) is 34.2. The number of halogens is 3. The number of carbonyl (C=O) groups is 2. The molecule has 55 heavy (non-hydrogen) atoms. The van der Waals surface area contributed by atoms with Crippen molar-refractivity contribution in [1.29, 1.82) is 10.5 Å². The maximum Gasteiger partial charge on any atom is 0.330 e. The fraction of sp³-hybridized carbons (Fsp3) is 0.368. The van der Waals surface area contributed by atoms with Gasteiger partial charge in [-0.25, -0.2) is 19.6 Å². The number of anilines is 1. The highest BCUT2D eigenvalue weighted by Crippen LogP contribution is 2.40. The second-order valence-electron chi connectivity index (χ2n) is 12.4. The number of hydrogen-bond acceptors (Lipinski definition) is 14.